The van der Waals surface area contributed by atoms with Gasteiger partial charge in [0.15, 0.2) is 5.60 Å². The Bertz CT molecular complexity index is 1070. The van der Waals surface area contributed by atoms with Crippen molar-refractivity contribution in [3.8, 4) is 6.07 Å². The fraction of sp³-hybridized carbons (Fsp3) is 0.250. The summed E-state index contributed by atoms with van der Waals surface area (Å²) >= 11 is 7.00. The zero-order chi connectivity index (χ0) is 20.3. The van der Waals surface area contributed by atoms with Crippen molar-refractivity contribution < 1.29 is 9.90 Å². The second kappa shape index (κ2) is 7.17. The van der Waals surface area contributed by atoms with E-state index in [9.17, 15) is 9.90 Å². The van der Waals surface area contributed by atoms with Gasteiger partial charge in [-0.2, -0.15) is 5.26 Å². The third kappa shape index (κ3) is 3.27. The van der Waals surface area contributed by atoms with Gasteiger partial charge in [-0.3, -0.25) is 4.79 Å². The first kappa shape index (κ1) is 20.5. The monoisotopic (exact) mass is 709 g/mol. The van der Waals surface area contributed by atoms with E-state index in [1.54, 1.807) is 12.1 Å². The summed E-state index contributed by atoms with van der Waals surface area (Å²) in [4.78, 5) is 19.9. The first-order valence-electron chi connectivity index (χ1n) is 8.51. The van der Waals surface area contributed by atoms with E-state index in [0.717, 1.165) is 16.8 Å². The molecule has 1 saturated heterocycles. The van der Waals surface area contributed by atoms with Gasteiger partial charge in [0.2, 0.25) is 5.78 Å². The van der Waals surface area contributed by atoms with Gasteiger partial charge in [0.1, 0.15) is 5.27 Å². The number of carbonyl (C=O) groups is 1. The normalized spacial score (nSPS) is 21.1. The second-order valence-corrected chi connectivity index (χ2v) is 17.9. The molecule has 5 nitrogen and oxygen atoms in total. The lowest BCUT2D eigenvalue weighted by atomic mass is 9.86. The van der Waals surface area contributed by atoms with Gasteiger partial charge in [0, 0.05) is 24.2 Å². The highest BCUT2D eigenvalue weighted by atomic mass is 127. The Morgan fingerprint density at radius 2 is 1.93 bits per heavy atom. The molecule has 2 heterocycles. The van der Waals surface area contributed by atoms with Crippen LogP contribution >= 0.6 is 67.8 Å². The molecule has 0 bridgehead atoms. The summed E-state index contributed by atoms with van der Waals surface area (Å²) in [6, 6.07) is 13.0. The molecule has 1 fully saturated rings. The number of anilines is 1. The van der Waals surface area contributed by atoms with E-state index in [-0.39, 0.29) is 11.6 Å². The average Bonchev–Trinajstić information content (AvgIpc) is 2.98. The number of hydrogen-bond acceptors (Lipinski definition) is 5. The van der Waals surface area contributed by atoms with Crippen LogP contribution in [0.5, 0.6) is 0 Å². The standard InChI is InChI=1S/C20H14I3N3O2/c1-11-8-16-14(9-15(11)20(21,22)23)17(27)19(28)6-7-26(18(19)25-16)13-4-2-12(10-24)3-5-13/h2-5,8-9,28H,6-7H2,1H3/t19-/m1/s1. The molecule has 28 heavy (non-hydrogen) atoms. The second-order valence-electron chi connectivity index (χ2n) is 6.87. The third-order valence-corrected chi connectivity index (χ3v) is 6.87. The number of aliphatic imine (C=N–C) groups is 1. The van der Waals surface area contributed by atoms with Gasteiger partial charge in [-0.15, -0.1) is 0 Å². The summed E-state index contributed by atoms with van der Waals surface area (Å²) in [6.45, 7) is 2.50. The topological polar surface area (TPSA) is 76.7 Å². The molecule has 0 radical (unpaired) electrons. The molecule has 142 valence electrons. The van der Waals surface area contributed by atoms with Crippen molar-refractivity contribution in [2.24, 2.45) is 4.99 Å². The van der Waals surface area contributed by atoms with E-state index >= 15 is 0 Å². The number of nitrogens with zero attached hydrogens (tertiary/aromatic N) is 3. The van der Waals surface area contributed by atoms with Crippen molar-refractivity contribution in [2.45, 2.75) is 18.4 Å². The molecule has 1 N–H and O–H groups in total. The Morgan fingerprint density at radius 1 is 1.25 bits per heavy atom. The Labute approximate surface area is 203 Å². The number of Topliss-reactive ketones (excluding diaryl/α,β-unsaturated/α-hetero) is 1. The summed E-state index contributed by atoms with van der Waals surface area (Å²) in [6.07, 6.45) is 0.289. The number of rotatable bonds is 2. The maximum absolute atomic E-state index is 13.3. The molecule has 0 aliphatic carbocycles. The largest absolute Gasteiger partial charge is 0.374 e. The van der Waals surface area contributed by atoms with Crippen LogP contribution in [0.3, 0.4) is 0 Å². The number of halogens is 3. The maximum atomic E-state index is 13.3. The predicted octanol–water partition coefficient (Wildman–Crippen LogP) is 5.15. The van der Waals surface area contributed by atoms with Gasteiger partial charge in [-0.25, -0.2) is 4.99 Å². The van der Waals surface area contributed by atoms with Crippen molar-refractivity contribution in [3.05, 3.63) is 58.7 Å². The summed E-state index contributed by atoms with van der Waals surface area (Å²) in [5.41, 5.74) is 2.94. The molecule has 2 aromatic carbocycles. The summed E-state index contributed by atoms with van der Waals surface area (Å²) in [7, 11) is 0. The van der Waals surface area contributed by atoms with E-state index in [2.05, 4.69) is 73.8 Å². The molecule has 4 rings (SSSR count). The van der Waals surface area contributed by atoms with E-state index < -0.39 is 5.60 Å². The predicted molar refractivity (Wildman–Crippen MR) is 134 cm³/mol. The first-order valence-corrected chi connectivity index (χ1v) is 11.7. The van der Waals surface area contributed by atoms with E-state index in [0.29, 0.717) is 29.2 Å². The molecular formula is C20H14I3N3O2. The van der Waals surface area contributed by atoms with Crippen LogP contribution in [0.4, 0.5) is 11.4 Å². The van der Waals surface area contributed by atoms with Crippen molar-refractivity contribution in [3.63, 3.8) is 0 Å². The summed E-state index contributed by atoms with van der Waals surface area (Å²) in [5.74, 6) is 0.0740. The lowest BCUT2D eigenvalue weighted by molar-refractivity contribution is 0.0602. The van der Waals surface area contributed by atoms with Crippen LogP contribution in [0.15, 0.2) is 41.4 Å². The van der Waals surface area contributed by atoms with Gasteiger partial charge < -0.3 is 10.0 Å². The van der Waals surface area contributed by atoms with Crippen LogP contribution in [-0.2, 0) is -0.565 Å². The van der Waals surface area contributed by atoms with Crippen molar-refractivity contribution >= 4 is 90.8 Å². The van der Waals surface area contributed by atoms with E-state index in [1.165, 1.54) is 0 Å². The zero-order valence-electron chi connectivity index (χ0n) is 14.7. The molecule has 0 amide bonds. The molecule has 0 saturated carbocycles. The van der Waals surface area contributed by atoms with E-state index in [1.807, 2.05) is 36.1 Å². The molecule has 2 aromatic rings. The van der Waals surface area contributed by atoms with Crippen molar-refractivity contribution in [1.29, 1.82) is 5.26 Å². The van der Waals surface area contributed by atoms with Crippen molar-refractivity contribution in [2.75, 3.05) is 11.4 Å². The van der Waals surface area contributed by atoms with Gasteiger partial charge >= 0.3 is 0 Å². The molecule has 2 aliphatic heterocycles. The molecule has 1 atom stereocenters. The minimum Gasteiger partial charge on any atom is -0.374 e. The van der Waals surface area contributed by atoms with Gasteiger partial charge in [-0.1, -0.05) is 0 Å². The van der Waals surface area contributed by atoms with Crippen LogP contribution in [0.1, 0.15) is 33.5 Å². The number of aliphatic hydroxyl groups is 1. The number of fused-ring (bicyclic) bond motifs is 2. The Kier molecular flexibility index (Phi) is 5.25. The van der Waals surface area contributed by atoms with Crippen LogP contribution in [-0.4, -0.2) is 28.9 Å². The number of alkyl halides is 3. The van der Waals surface area contributed by atoms with Gasteiger partial charge in [-0.05, 0) is 122 Å². The number of hydrogen-bond donors (Lipinski definition) is 1. The molecule has 0 unspecified atom stereocenters. The van der Waals surface area contributed by atoms with Crippen LogP contribution in [0.2, 0.25) is 0 Å². The Morgan fingerprint density at radius 3 is 2.54 bits per heavy atom. The quantitative estimate of drug-likeness (QED) is 0.346. The molecule has 0 spiro atoms. The van der Waals surface area contributed by atoms with Crippen LogP contribution in [0.25, 0.3) is 0 Å². The number of benzene rings is 2. The third-order valence-electron chi connectivity index (χ3n) is 5.13. The fourth-order valence-electron chi connectivity index (χ4n) is 3.66. The Balaban J connectivity index is 1.84. The summed E-state index contributed by atoms with van der Waals surface area (Å²) in [5, 5.41) is 20.2. The fourth-order valence-corrected chi connectivity index (χ4v) is 5.40. The van der Waals surface area contributed by atoms with E-state index in [4.69, 9.17) is 10.3 Å². The lowest BCUT2D eigenvalue weighted by Gasteiger charge is -2.30. The number of ketones is 1. The minimum absolute atomic E-state index is 0.191. The minimum atomic E-state index is -1.61. The lowest BCUT2D eigenvalue weighted by Crippen LogP contribution is -2.48. The highest BCUT2D eigenvalue weighted by Gasteiger charge is 2.52. The van der Waals surface area contributed by atoms with Gasteiger partial charge in [0.25, 0.3) is 0 Å². The van der Waals surface area contributed by atoms with Gasteiger partial charge in [0.05, 0.1) is 17.3 Å². The average molecular weight is 709 g/mol. The van der Waals surface area contributed by atoms with Crippen LogP contribution in [0, 0.1) is 18.3 Å². The SMILES string of the molecule is Cc1cc2c(cc1C(I)(I)I)C(=O)[C@]1(O)CCN(c3ccc(C#N)cc3)C1=N2. The zero-order valence-corrected chi connectivity index (χ0v) is 21.2. The number of amidine groups is 1. The molecular weight excluding hydrogens is 695 g/mol. The molecule has 0 aromatic heterocycles. The number of nitriles is 1. The number of carbonyl (C=O) groups excluding carboxylic acids is 1. The Hall–Kier alpha value is -0.780. The smallest absolute Gasteiger partial charge is 0.204 e. The highest BCUT2D eigenvalue weighted by molar-refractivity contribution is 14.3. The summed E-state index contributed by atoms with van der Waals surface area (Å²) < 4.78 is -0.191. The van der Waals surface area contributed by atoms with Crippen molar-refractivity contribution in [1.82, 2.24) is 0 Å². The highest BCUT2D eigenvalue weighted by Crippen LogP contribution is 2.49. The number of aryl methyl sites for hydroxylation is 1. The first-order chi connectivity index (χ1) is 13.1. The van der Waals surface area contributed by atoms with Crippen LogP contribution < -0.4 is 4.90 Å². The molecule has 8 heteroatoms. The molecule has 2 aliphatic rings. The maximum Gasteiger partial charge on any atom is 0.204 e.